The number of carbonyl (C=O) groups is 1. The molecule has 10 atom stereocenters. The van der Waals surface area contributed by atoms with Crippen LogP contribution >= 0.6 is 0 Å². The standard InChI is InChI=1S/C28H51N3O6/c1-17-15-28(34)24(36-26-23(37-28)21(30(5)6)14-18(2)35-26)19(3)22(32)20(4)25(33)29-27(10-8-9-11-27)12-13-31(7)16-17/h17-24,26,32,34H,8-16H2,1-7H3,(H,29,33)/t17-,18-,19+,20-,21+,22+,23-,24-,26+,28+/m1/s1. The Bertz CT molecular complexity index is 792. The molecule has 3 saturated heterocycles. The van der Waals surface area contributed by atoms with E-state index in [1.807, 2.05) is 27.9 Å². The first kappa shape index (κ1) is 29.2. The van der Waals surface area contributed by atoms with Gasteiger partial charge in [0.15, 0.2) is 12.1 Å². The highest BCUT2D eigenvalue weighted by Crippen LogP contribution is 2.43. The molecule has 1 amide bonds. The summed E-state index contributed by atoms with van der Waals surface area (Å²) in [7, 11) is 6.12. The lowest BCUT2D eigenvalue weighted by atomic mass is 9.80. The van der Waals surface area contributed by atoms with Gasteiger partial charge >= 0.3 is 0 Å². The highest BCUT2D eigenvalue weighted by atomic mass is 16.8. The molecule has 0 unspecified atom stereocenters. The Hall–Kier alpha value is -0.810. The number of hydrogen-bond acceptors (Lipinski definition) is 8. The van der Waals surface area contributed by atoms with Crippen molar-refractivity contribution < 1.29 is 29.2 Å². The van der Waals surface area contributed by atoms with Crippen LogP contribution in [0.15, 0.2) is 0 Å². The summed E-state index contributed by atoms with van der Waals surface area (Å²) in [5.74, 6) is -2.84. The van der Waals surface area contributed by atoms with Gasteiger partial charge in [-0.15, -0.1) is 0 Å². The first-order valence-electron chi connectivity index (χ1n) is 14.4. The van der Waals surface area contributed by atoms with Crippen LogP contribution in [-0.4, -0.2) is 108 Å². The summed E-state index contributed by atoms with van der Waals surface area (Å²) in [6, 6.07) is 0.0253. The van der Waals surface area contributed by atoms with E-state index in [1.54, 1.807) is 6.92 Å². The second kappa shape index (κ2) is 11.4. The molecule has 3 aliphatic heterocycles. The average molecular weight is 526 g/mol. The van der Waals surface area contributed by atoms with Gasteiger partial charge in [-0.2, -0.15) is 0 Å². The molecule has 3 heterocycles. The molecule has 9 nitrogen and oxygen atoms in total. The van der Waals surface area contributed by atoms with Crippen LogP contribution in [0.1, 0.15) is 72.6 Å². The van der Waals surface area contributed by atoms with Crippen molar-refractivity contribution in [2.75, 3.05) is 34.2 Å². The van der Waals surface area contributed by atoms with Gasteiger partial charge in [0.2, 0.25) is 5.91 Å². The minimum Gasteiger partial charge on any atom is -0.392 e. The topological polar surface area (TPSA) is 104 Å². The van der Waals surface area contributed by atoms with Gasteiger partial charge < -0.3 is 39.5 Å². The monoisotopic (exact) mass is 525 g/mol. The molecule has 4 fully saturated rings. The molecule has 0 radical (unpaired) electrons. The Labute approximate surface area is 223 Å². The molecule has 3 N–H and O–H groups in total. The lowest BCUT2D eigenvalue weighted by molar-refractivity contribution is -0.424. The SMILES string of the molecule is C[C@H]1CN(C)CCC2(CCCC2)NC(=O)[C@H](C)[C@@H](O)[C@H](C)[C@H]2O[C@@H]3O[C@H](C)C[C@H](N(C)C)[C@H]3O[C@@]2(O)C1. The Morgan fingerprint density at radius 1 is 1.08 bits per heavy atom. The number of nitrogens with zero attached hydrogens (tertiary/aromatic N) is 2. The van der Waals surface area contributed by atoms with Crippen LogP contribution in [0.5, 0.6) is 0 Å². The highest BCUT2D eigenvalue weighted by molar-refractivity contribution is 5.79. The molecule has 0 aromatic rings. The highest BCUT2D eigenvalue weighted by Gasteiger charge is 2.57. The Morgan fingerprint density at radius 2 is 1.76 bits per heavy atom. The largest absolute Gasteiger partial charge is 0.392 e. The van der Waals surface area contributed by atoms with Crippen LogP contribution < -0.4 is 5.32 Å². The third-order valence-electron chi connectivity index (χ3n) is 9.44. The van der Waals surface area contributed by atoms with Gasteiger partial charge in [-0.1, -0.05) is 33.6 Å². The number of ether oxygens (including phenoxy) is 3. The predicted molar refractivity (Wildman–Crippen MR) is 141 cm³/mol. The maximum atomic E-state index is 13.4. The molecule has 0 bridgehead atoms. The summed E-state index contributed by atoms with van der Waals surface area (Å²) in [4.78, 5) is 17.8. The maximum Gasteiger partial charge on any atom is 0.225 e. The normalized spacial score (nSPS) is 46.2. The van der Waals surface area contributed by atoms with Crippen LogP contribution in [0.25, 0.3) is 0 Å². The van der Waals surface area contributed by atoms with Crippen molar-refractivity contribution >= 4 is 5.91 Å². The molecule has 214 valence electrons. The summed E-state index contributed by atoms with van der Waals surface area (Å²) in [6.45, 7) is 9.41. The smallest absolute Gasteiger partial charge is 0.225 e. The first-order chi connectivity index (χ1) is 17.3. The lowest BCUT2D eigenvalue weighted by Crippen LogP contribution is -2.68. The Kier molecular flexibility index (Phi) is 8.95. The van der Waals surface area contributed by atoms with Crippen molar-refractivity contribution in [3.8, 4) is 0 Å². The molecule has 0 aromatic heterocycles. The average Bonchev–Trinajstić information content (AvgIpc) is 3.28. The number of rotatable bonds is 1. The number of carbonyl (C=O) groups excluding carboxylic acids is 1. The fraction of sp³-hybridized carbons (Fsp3) is 0.964. The van der Waals surface area contributed by atoms with Crippen LogP contribution in [0, 0.1) is 17.8 Å². The second-order valence-electron chi connectivity index (χ2n) is 13.0. The number of fused-ring (bicyclic) bond motifs is 2. The molecule has 0 aromatic carbocycles. The van der Waals surface area contributed by atoms with Gasteiger partial charge in [0.1, 0.15) is 12.2 Å². The van der Waals surface area contributed by atoms with E-state index in [1.165, 1.54) is 0 Å². The van der Waals surface area contributed by atoms with Crippen LogP contribution in [0.3, 0.4) is 0 Å². The zero-order chi connectivity index (χ0) is 27.1. The lowest BCUT2D eigenvalue weighted by Gasteiger charge is -2.55. The molecule has 1 saturated carbocycles. The predicted octanol–water partition coefficient (Wildman–Crippen LogP) is 1.95. The van der Waals surface area contributed by atoms with Crippen molar-refractivity contribution in [2.45, 2.75) is 121 Å². The number of amides is 1. The van der Waals surface area contributed by atoms with E-state index < -0.39 is 42.2 Å². The summed E-state index contributed by atoms with van der Waals surface area (Å²) in [6.07, 6.45) is 3.21. The fourth-order valence-electron chi connectivity index (χ4n) is 7.26. The van der Waals surface area contributed by atoms with E-state index in [4.69, 9.17) is 14.2 Å². The van der Waals surface area contributed by atoms with Gasteiger partial charge in [-0.3, -0.25) is 4.79 Å². The van der Waals surface area contributed by atoms with Gasteiger partial charge in [0.25, 0.3) is 0 Å². The Morgan fingerprint density at radius 3 is 2.41 bits per heavy atom. The zero-order valence-corrected chi connectivity index (χ0v) is 24.0. The fourth-order valence-corrected chi connectivity index (χ4v) is 7.26. The molecule has 4 rings (SSSR count). The summed E-state index contributed by atoms with van der Waals surface area (Å²) < 4.78 is 19.2. The second-order valence-corrected chi connectivity index (χ2v) is 13.0. The minimum absolute atomic E-state index is 0.0253. The molecular formula is C28H51N3O6. The van der Waals surface area contributed by atoms with Crippen molar-refractivity contribution in [2.24, 2.45) is 17.8 Å². The quantitative estimate of drug-likeness (QED) is 0.477. The minimum atomic E-state index is -1.62. The Balaban J connectivity index is 1.64. The number of nitrogens with one attached hydrogen (secondary N) is 1. The van der Waals surface area contributed by atoms with Crippen LogP contribution in [-0.2, 0) is 19.0 Å². The molecule has 1 aliphatic carbocycles. The van der Waals surface area contributed by atoms with Crippen molar-refractivity contribution in [3.05, 3.63) is 0 Å². The van der Waals surface area contributed by atoms with E-state index in [0.29, 0.717) is 6.42 Å². The summed E-state index contributed by atoms with van der Waals surface area (Å²) in [5.41, 5.74) is -0.207. The van der Waals surface area contributed by atoms with Crippen LogP contribution in [0.4, 0.5) is 0 Å². The number of hydrogen-bond donors (Lipinski definition) is 3. The van der Waals surface area contributed by atoms with E-state index in [9.17, 15) is 15.0 Å². The van der Waals surface area contributed by atoms with Gasteiger partial charge in [0.05, 0.1) is 18.1 Å². The summed E-state index contributed by atoms with van der Waals surface area (Å²) >= 11 is 0. The number of likely N-dealkylation sites (N-methyl/N-ethyl adjacent to an activating group) is 1. The van der Waals surface area contributed by atoms with E-state index in [2.05, 4.69) is 29.1 Å². The number of aliphatic hydroxyl groups excluding tert-OH is 1. The van der Waals surface area contributed by atoms with Gasteiger partial charge in [-0.25, -0.2) is 0 Å². The molecule has 1 spiro atoms. The molecule has 37 heavy (non-hydrogen) atoms. The molecule has 9 heteroatoms. The maximum absolute atomic E-state index is 13.4. The third-order valence-corrected chi connectivity index (χ3v) is 9.44. The van der Waals surface area contributed by atoms with E-state index >= 15 is 0 Å². The molecular weight excluding hydrogens is 474 g/mol. The molecule has 4 aliphatic rings. The van der Waals surface area contributed by atoms with Crippen molar-refractivity contribution in [1.29, 1.82) is 0 Å². The summed E-state index contributed by atoms with van der Waals surface area (Å²) in [5, 5.41) is 26.9. The first-order valence-corrected chi connectivity index (χ1v) is 14.4. The van der Waals surface area contributed by atoms with Crippen molar-refractivity contribution in [1.82, 2.24) is 15.1 Å². The number of aliphatic hydroxyl groups is 2. The van der Waals surface area contributed by atoms with Crippen molar-refractivity contribution in [3.63, 3.8) is 0 Å². The van der Waals surface area contributed by atoms with Gasteiger partial charge in [0, 0.05) is 37.0 Å². The van der Waals surface area contributed by atoms with Crippen LogP contribution in [0.2, 0.25) is 0 Å². The van der Waals surface area contributed by atoms with E-state index in [0.717, 1.165) is 51.6 Å². The van der Waals surface area contributed by atoms with E-state index in [-0.39, 0.29) is 29.5 Å². The third kappa shape index (κ3) is 6.18. The zero-order valence-electron chi connectivity index (χ0n) is 24.0. The van der Waals surface area contributed by atoms with Gasteiger partial charge in [-0.05, 0) is 59.7 Å².